The minimum atomic E-state index is -0.439. The molecule has 1 rings (SSSR count). The molecule has 0 aromatic carbocycles. The van der Waals surface area contributed by atoms with Crippen molar-refractivity contribution in [2.24, 2.45) is 5.41 Å². The number of aliphatic hydroxyl groups is 1. The summed E-state index contributed by atoms with van der Waals surface area (Å²) in [6.45, 7) is 10.3. The van der Waals surface area contributed by atoms with Crippen LogP contribution in [0.15, 0.2) is 12.2 Å². The van der Waals surface area contributed by atoms with Crippen LogP contribution in [0.5, 0.6) is 0 Å². The van der Waals surface area contributed by atoms with Gasteiger partial charge in [-0.05, 0) is 31.6 Å². The lowest BCUT2D eigenvalue weighted by Crippen LogP contribution is -2.42. The van der Waals surface area contributed by atoms with Gasteiger partial charge in [0, 0.05) is 0 Å². The van der Waals surface area contributed by atoms with Crippen molar-refractivity contribution in [3.05, 3.63) is 12.2 Å². The maximum Gasteiger partial charge on any atom is 0.0701 e. The Labute approximate surface area is 81.9 Å². The highest BCUT2D eigenvalue weighted by Crippen LogP contribution is 2.46. The van der Waals surface area contributed by atoms with Gasteiger partial charge in [0.05, 0.1) is 5.60 Å². The third-order valence-electron chi connectivity index (χ3n) is 3.43. The summed E-state index contributed by atoms with van der Waals surface area (Å²) in [6, 6.07) is 0. The van der Waals surface area contributed by atoms with Gasteiger partial charge in [0.25, 0.3) is 0 Å². The first kappa shape index (κ1) is 10.8. The van der Waals surface area contributed by atoms with Crippen molar-refractivity contribution in [3.63, 3.8) is 0 Å². The molecule has 1 aliphatic rings. The molecule has 1 aliphatic carbocycles. The molecule has 0 aromatic heterocycles. The predicted molar refractivity (Wildman–Crippen MR) is 56.6 cm³/mol. The zero-order valence-electron chi connectivity index (χ0n) is 9.19. The molecule has 76 valence electrons. The summed E-state index contributed by atoms with van der Waals surface area (Å²) in [4.78, 5) is 0. The van der Waals surface area contributed by atoms with Crippen LogP contribution < -0.4 is 0 Å². The molecular weight excluding hydrogens is 160 g/mol. The van der Waals surface area contributed by atoms with Gasteiger partial charge in [0.2, 0.25) is 0 Å². The first-order valence-electron chi connectivity index (χ1n) is 5.24. The van der Waals surface area contributed by atoms with Crippen molar-refractivity contribution >= 4 is 0 Å². The molecule has 0 saturated heterocycles. The number of hydrogen-bond donors (Lipinski definition) is 1. The van der Waals surface area contributed by atoms with Crippen LogP contribution in [0, 0.1) is 5.41 Å². The highest BCUT2D eigenvalue weighted by atomic mass is 16.3. The summed E-state index contributed by atoms with van der Waals surface area (Å²) < 4.78 is 0. The molecule has 0 heterocycles. The monoisotopic (exact) mass is 182 g/mol. The van der Waals surface area contributed by atoms with Crippen molar-refractivity contribution in [1.29, 1.82) is 0 Å². The fourth-order valence-corrected chi connectivity index (χ4v) is 2.56. The zero-order chi connectivity index (χ0) is 10.1. The highest BCUT2D eigenvalue weighted by Gasteiger charge is 2.44. The molecule has 1 N–H and O–H groups in total. The fourth-order valence-electron chi connectivity index (χ4n) is 2.56. The molecule has 0 atom stereocenters. The van der Waals surface area contributed by atoms with Gasteiger partial charge in [-0.15, -0.1) is 6.58 Å². The van der Waals surface area contributed by atoms with Crippen LogP contribution in [0.1, 0.15) is 52.9 Å². The fraction of sp³-hybridized carbons (Fsp3) is 0.833. The van der Waals surface area contributed by atoms with Gasteiger partial charge in [0.1, 0.15) is 0 Å². The van der Waals surface area contributed by atoms with E-state index in [0.29, 0.717) is 0 Å². The topological polar surface area (TPSA) is 20.2 Å². The summed E-state index contributed by atoms with van der Waals surface area (Å²) in [5.74, 6) is 0. The molecule has 0 unspecified atom stereocenters. The largest absolute Gasteiger partial charge is 0.389 e. The Kier molecular flexibility index (Phi) is 2.86. The molecule has 1 fully saturated rings. The maximum atomic E-state index is 10.4. The second kappa shape index (κ2) is 3.45. The number of hydrogen-bond acceptors (Lipinski definition) is 1. The van der Waals surface area contributed by atoms with Gasteiger partial charge < -0.3 is 5.11 Å². The second-order valence-corrected chi connectivity index (χ2v) is 5.26. The third-order valence-corrected chi connectivity index (χ3v) is 3.43. The van der Waals surface area contributed by atoms with Crippen LogP contribution in [-0.4, -0.2) is 10.7 Å². The van der Waals surface area contributed by atoms with Crippen molar-refractivity contribution in [2.45, 2.75) is 58.5 Å². The average molecular weight is 182 g/mol. The Balaban J connectivity index is 2.71. The van der Waals surface area contributed by atoms with Gasteiger partial charge in [0.15, 0.2) is 0 Å². The van der Waals surface area contributed by atoms with E-state index in [1.54, 1.807) is 0 Å². The first-order chi connectivity index (χ1) is 5.87. The molecule has 0 bridgehead atoms. The first-order valence-corrected chi connectivity index (χ1v) is 5.24. The molecule has 1 heteroatoms. The molecule has 13 heavy (non-hydrogen) atoms. The number of rotatable bonds is 3. The molecule has 0 amide bonds. The summed E-state index contributed by atoms with van der Waals surface area (Å²) in [5.41, 5.74) is 0.728. The lowest BCUT2D eigenvalue weighted by atomic mass is 9.70. The van der Waals surface area contributed by atoms with E-state index in [2.05, 4.69) is 20.4 Å². The van der Waals surface area contributed by atoms with Gasteiger partial charge >= 0.3 is 0 Å². The summed E-state index contributed by atoms with van der Waals surface area (Å²) in [7, 11) is 0. The van der Waals surface area contributed by atoms with Gasteiger partial charge in [-0.1, -0.05) is 32.3 Å². The van der Waals surface area contributed by atoms with E-state index in [9.17, 15) is 5.11 Å². The van der Waals surface area contributed by atoms with Gasteiger partial charge in [-0.3, -0.25) is 0 Å². The van der Waals surface area contributed by atoms with E-state index in [4.69, 9.17) is 0 Å². The van der Waals surface area contributed by atoms with E-state index >= 15 is 0 Å². The third kappa shape index (κ3) is 2.14. The van der Waals surface area contributed by atoms with E-state index in [1.807, 2.05) is 6.92 Å². The zero-order valence-corrected chi connectivity index (χ0v) is 9.19. The lowest BCUT2D eigenvalue weighted by Gasteiger charge is -2.40. The van der Waals surface area contributed by atoms with E-state index in [1.165, 1.54) is 18.4 Å². The quantitative estimate of drug-likeness (QED) is 0.664. The van der Waals surface area contributed by atoms with Crippen LogP contribution >= 0.6 is 0 Å². The standard InChI is InChI=1S/C12H22O/c1-10(2)9-11(3,4)12(13)7-5-6-8-12/h13H,1,5-9H2,2-4H3. The normalized spacial score (nSPS) is 21.8. The SMILES string of the molecule is C=C(C)CC(C)(C)C1(O)CCCC1. The number of allylic oxidation sites excluding steroid dienone is 1. The van der Waals surface area contributed by atoms with Gasteiger partial charge in [-0.25, -0.2) is 0 Å². The molecule has 0 spiro atoms. The van der Waals surface area contributed by atoms with Crippen molar-refractivity contribution < 1.29 is 5.11 Å². The molecule has 0 radical (unpaired) electrons. The lowest BCUT2D eigenvalue weighted by molar-refractivity contribution is -0.0608. The molecule has 1 nitrogen and oxygen atoms in total. The smallest absolute Gasteiger partial charge is 0.0701 e. The highest BCUT2D eigenvalue weighted by molar-refractivity contribution is 5.04. The van der Waals surface area contributed by atoms with Crippen molar-refractivity contribution in [1.82, 2.24) is 0 Å². The van der Waals surface area contributed by atoms with Gasteiger partial charge in [-0.2, -0.15) is 0 Å². The van der Waals surface area contributed by atoms with Crippen LogP contribution in [-0.2, 0) is 0 Å². The van der Waals surface area contributed by atoms with Crippen molar-refractivity contribution in [2.75, 3.05) is 0 Å². The molecule has 0 aromatic rings. The van der Waals surface area contributed by atoms with E-state index < -0.39 is 5.60 Å². The Hall–Kier alpha value is -0.300. The predicted octanol–water partition coefficient (Wildman–Crippen LogP) is 3.28. The van der Waals surface area contributed by atoms with Crippen molar-refractivity contribution in [3.8, 4) is 0 Å². The van der Waals surface area contributed by atoms with E-state index in [-0.39, 0.29) is 5.41 Å². The summed E-state index contributed by atoms with van der Waals surface area (Å²) >= 11 is 0. The Morgan fingerprint density at radius 2 is 1.85 bits per heavy atom. The molecule has 1 saturated carbocycles. The summed E-state index contributed by atoms with van der Waals surface area (Å²) in [6.07, 6.45) is 5.22. The van der Waals surface area contributed by atoms with E-state index in [0.717, 1.165) is 19.3 Å². The second-order valence-electron chi connectivity index (χ2n) is 5.26. The Morgan fingerprint density at radius 1 is 1.38 bits per heavy atom. The minimum Gasteiger partial charge on any atom is -0.389 e. The molecular formula is C12H22O. The van der Waals surface area contributed by atoms with Crippen LogP contribution in [0.25, 0.3) is 0 Å². The molecule has 0 aliphatic heterocycles. The maximum absolute atomic E-state index is 10.4. The van der Waals surface area contributed by atoms with Crippen LogP contribution in [0.2, 0.25) is 0 Å². The Bertz CT molecular complexity index is 197. The average Bonchev–Trinajstić information content (AvgIpc) is 2.34. The van der Waals surface area contributed by atoms with Crippen LogP contribution in [0.4, 0.5) is 0 Å². The van der Waals surface area contributed by atoms with Crippen LogP contribution in [0.3, 0.4) is 0 Å². The minimum absolute atomic E-state index is 0.00463. The summed E-state index contributed by atoms with van der Waals surface area (Å²) in [5, 5.41) is 10.4. The Morgan fingerprint density at radius 3 is 2.23 bits per heavy atom.